The van der Waals surface area contributed by atoms with Crippen molar-refractivity contribution in [2.24, 2.45) is 16.9 Å². The molecule has 28 heavy (non-hydrogen) atoms. The van der Waals surface area contributed by atoms with Gasteiger partial charge in [0, 0.05) is 17.7 Å². The Labute approximate surface area is 164 Å². The zero-order valence-corrected chi connectivity index (χ0v) is 16.5. The Morgan fingerprint density at radius 1 is 1.14 bits per heavy atom. The van der Waals surface area contributed by atoms with Crippen molar-refractivity contribution in [2.75, 3.05) is 25.2 Å². The predicted octanol–water partition coefficient (Wildman–Crippen LogP) is 1.38. The van der Waals surface area contributed by atoms with E-state index in [1.54, 1.807) is 32.9 Å². The molecule has 1 aromatic rings. The lowest BCUT2D eigenvalue weighted by Crippen LogP contribution is -2.24. The summed E-state index contributed by atoms with van der Waals surface area (Å²) in [6.45, 7) is 5.10. The third-order valence-corrected chi connectivity index (χ3v) is 3.45. The summed E-state index contributed by atoms with van der Waals surface area (Å²) in [5.74, 6) is 4.06. The molecule has 5 N–H and O–H groups in total. The molecule has 0 saturated carbocycles. The van der Waals surface area contributed by atoms with Crippen LogP contribution in [0.15, 0.2) is 18.2 Å². The fraction of sp³-hybridized carbons (Fsp3) is 0.450. The number of anilines is 1. The van der Waals surface area contributed by atoms with E-state index in [0.29, 0.717) is 30.6 Å². The number of nitrogens with two attached hydrogens (primary N) is 2. The van der Waals surface area contributed by atoms with E-state index >= 15 is 0 Å². The highest BCUT2D eigenvalue weighted by atomic mass is 16.7. The van der Waals surface area contributed by atoms with Gasteiger partial charge in [-0.1, -0.05) is 11.8 Å². The summed E-state index contributed by atoms with van der Waals surface area (Å²) in [5.41, 5.74) is 11.1. The average molecular weight is 389 g/mol. The number of amides is 1. The minimum Gasteiger partial charge on any atom is -0.427 e. The maximum Gasteiger partial charge on any atom is 0.342 e. The standard InChI is InChI=1S/C20H27N3O5/c1-20(2,3)19(26)28-13-27-18(25)16-9-8-15(12-14(16)6-4-10-21)23-17(24)7-5-11-22/h8-9,12H,5,7,10-11,13,21-22H2,1-3H3,(H,23,24). The molecule has 8 nitrogen and oxygen atoms in total. The number of hydrogen-bond acceptors (Lipinski definition) is 7. The van der Waals surface area contributed by atoms with Gasteiger partial charge in [0.2, 0.25) is 12.7 Å². The minimum absolute atomic E-state index is 0.102. The molecule has 1 rings (SSSR count). The number of esters is 2. The molecular formula is C20H27N3O5. The van der Waals surface area contributed by atoms with Crippen LogP contribution in [0, 0.1) is 17.3 Å². The predicted molar refractivity (Wildman–Crippen MR) is 105 cm³/mol. The average Bonchev–Trinajstić information content (AvgIpc) is 2.63. The summed E-state index contributed by atoms with van der Waals surface area (Å²) in [5, 5.41) is 2.72. The van der Waals surface area contributed by atoms with Gasteiger partial charge in [-0.15, -0.1) is 0 Å². The quantitative estimate of drug-likeness (QED) is 0.364. The van der Waals surface area contributed by atoms with Crippen LogP contribution < -0.4 is 16.8 Å². The van der Waals surface area contributed by atoms with Crippen LogP contribution in [0.3, 0.4) is 0 Å². The third kappa shape index (κ3) is 7.78. The zero-order valence-electron chi connectivity index (χ0n) is 16.5. The molecule has 152 valence electrons. The van der Waals surface area contributed by atoms with Gasteiger partial charge in [0.05, 0.1) is 17.5 Å². The SMILES string of the molecule is CC(C)(C)C(=O)OCOC(=O)c1ccc(NC(=O)CCCN)cc1C#CCN. The Bertz CT molecular complexity index is 772. The van der Waals surface area contributed by atoms with Gasteiger partial charge in [0.1, 0.15) is 0 Å². The molecule has 0 fully saturated rings. The molecule has 0 aliphatic carbocycles. The van der Waals surface area contributed by atoms with Crippen molar-refractivity contribution in [3.05, 3.63) is 29.3 Å². The van der Waals surface area contributed by atoms with Gasteiger partial charge in [0.25, 0.3) is 0 Å². The first kappa shape index (κ1) is 23.1. The van der Waals surface area contributed by atoms with Gasteiger partial charge in [-0.3, -0.25) is 9.59 Å². The number of benzene rings is 1. The molecule has 0 bridgehead atoms. The lowest BCUT2D eigenvalue weighted by atomic mass is 9.98. The van der Waals surface area contributed by atoms with Gasteiger partial charge in [-0.25, -0.2) is 4.79 Å². The van der Waals surface area contributed by atoms with E-state index in [1.165, 1.54) is 6.07 Å². The topological polar surface area (TPSA) is 134 Å². The van der Waals surface area contributed by atoms with Crippen molar-refractivity contribution >= 4 is 23.5 Å². The maximum atomic E-state index is 12.3. The molecule has 1 aromatic carbocycles. The van der Waals surface area contributed by atoms with Crippen molar-refractivity contribution in [3.8, 4) is 11.8 Å². The summed E-state index contributed by atoms with van der Waals surface area (Å²) >= 11 is 0. The second-order valence-corrected chi connectivity index (χ2v) is 6.94. The van der Waals surface area contributed by atoms with E-state index < -0.39 is 24.1 Å². The van der Waals surface area contributed by atoms with Gasteiger partial charge in [-0.05, 0) is 51.9 Å². The molecule has 0 atom stereocenters. The first-order chi connectivity index (χ1) is 13.2. The summed E-state index contributed by atoms with van der Waals surface area (Å²) in [7, 11) is 0. The van der Waals surface area contributed by atoms with Gasteiger partial charge in [-0.2, -0.15) is 0 Å². The normalized spacial score (nSPS) is 10.5. The van der Waals surface area contributed by atoms with E-state index in [-0.39, 0.29) is 18.0 Å². The smallest absolute Gasteiger partial charge is 0.342 e. The van der Waals surface area contributed by atoms with Crippen LogP contribution in [0.25, 0.3) is 0 Å². The Hall–Kier alpha value is -2.89. The Kier molecular flexibility index (Phi) is 9.15. The molecule has 0 spiro atoms. The molecule has 8 heteroatoms. The monoisotopic (exact) mass is 389 g/mol. The van der Waals surface area contributed by atoms with E-state index in [9.17, 15) is 14.4 Å². The molecule has 0 aliphatic heterocycles. The van der Waals surface area contributed by atoms with E-state index in [4.69, 9.17) is 20.9 Å². The summed E-state index contributed by atoms with van der Waals surface area (Å²) in [6.07, 6.45) is 0.868. The minimum atomic E-state index is -0.705. The first-order valence-electron chi connectivity index (χ1n) is 8.86. The zero-order chi connectivity index (χ0) is 21.2. The van der Waals surface area contributed by atoms with Gasteiger partial charge < -0.3 is 26.3 Å². The first-order valence-corrected chi connectivity index (χ1v) is 8.86. The van der Waals surface area contributed by atoms with Crippen LogP contribution in [0.2, 0.25) is 0 Å². The second-order valence-electron chi connectivity index (χ2n) is 6.94. The number of carbonyl (C=O) groups excluding carboxylic acids is 3. The van der Waals surface area contributed by atoms with Crippen LogP contribution in [0.1, 0.15) is 49.5 Å². The number of hydrogen-bond donors (Lipinski definition) is 3. The largest absolute Gasteiger partial charge is 0.427 e. The van der Waals surface area contributed by atoms with Crippen LogP contribution in [-0.4, -0.2) is 37.7 Å². The fourth-order valence-electron chi connectivity index (χ4n) is 1.97. The molecular weight excluding hydrogens is 362 g/mol. The fourth-order valence-corrected chi connectivity index (χ4v) is 1.97. The molecule has 0 aliphatic rings. The number of rotatable bonds is 7. The Morgan fingerprint density at radius 3 is 2.46 bits per heavy atom. The summed E-state index contributed by atoms with van der Waals surface area (Å²) in [4.78, 5) is 35.9. The highest BCUT2D eigenvalue weighted by Crippen LogP contribution is 2.18. The number of nitrogens with one attached hydrogen (secondary N) is 1. The molecule has 0 aromatic heterocycles. The van der Waals surface area contributed by atoms with E-state index in [1.807, 2.05) is 0 Å². The third-order valence-electron chi connectivity index (χ3n) is 3.45. The van der Waals surface area contributed by atoms with Crippen molar-refractivity contribution in [1.29, 1.82) is 0 Å². The lowest BCUT2D eigenvalue weighted by Gasteiger charge is -2.16. The van der Waals surface area contributed by atoms with Gasteiger partial charge >= 0.3 is 11.9 Å². The van der Waals surface area contributed by atoms with Crippen molar-refractivity contribution in [3.63, 3.8) is 0 Å². The summed E-state index contributed by atoms with van der Waals surface area (Å²) in [6, 6.07) is 4.60. The van der Waals surface area contributed by atoms with Crippen LogP contribution >= 0.6 is 0 Å². The molecule has 0 heterocycles. The van der Waals surface area contributed by atoms with E-state index in [2.05, 4.69) is 17.2 Å². The molecule has 0 saturated heterocycles. The highest BCUT2D eigenvalue weighted by molar-refractivity contribution is 5.95. The van der Waals surface area contributed by atoms with Crippen molar-refractivity contribution in [1.82, 2.24) is 0 Å². The molecule has 0 radical (unpaired) electrons. The number of ether oxygens (including phenoxy) is 2. The van der Waals surface area contributed by atoms with Crippen LogP contribution in [0.5, 0.6) is 0 Å². The molecule has 1 amide bonds. The summed E-state index contributed by atoms with van der Waals surface area (Å²) < 4.78 is 9.93. The Balaban J connectivity index is 2.87. The Morgan fingerprint density at radius 2 is 1.86 bits per heavy atom. The van der Waals surface area contributed by atoms with Crippen molar-refractivity contribution in [2.45, 2.75) is 33.6 Å². The van der Waals surface area contributed by atoms with Crippen LogP contribution in [-0.2, 0) is 19.1 Å². The van der Waals surface area contributed by atoms with Crippen LogP contribution in [0.4, 0.5) is 5.69 Å². The van der Waals surface area contributed by atoms with Gasteiger partial charge in [0.15, 0.2) is 0 Å². The number of carbonyl (C=O) groups is 3. The highest BCUT2D eigenvalue weighted by Gasteiger charge is 2.23. The van der Waals surface area contributed by atoms with E-state index in [0.717, 1.165) is 0 Å². The van der Waals surface area contributed by atoms with Crippen molar-refractivity contribution < 1.29 is 23.9 Å². The second kappa shape index (κ2) is 11.1. The maximum absolute atomic E-state index is 12.3. The molecule has 0 unspecified atom stereocenters. The lowest BCUT2D eigenvalue weighted by molar-refractivity contribution is -0.161.